The second-order valence-electron chi connectivity index (χ2n) is 12.2. The highest BCUT2D eigenvalue weighted by Gasteiger charge is 2.67. The second kappa shape index (κ2) is 10.7. The summed E-state index contributed by atoms with van der Waals surface area (Å²) < 4.78 is 20.3. The Morgan fingerprint density at radius 3 is 2.31 bits per heavy atom. The van der Waals surface area contributed by atoms with Gasteiger partial charge in [0, 0.05) is 9.49 Å². The van der Waals surface area contributed by atoms with Crippen LogP contribution in [0, 0.1) is 38.5 Å². The first-order valence-corrected chi connectivity index (χ1v) is 16.0. The van der Waals surface area contributed by atoms with Crippen LogP contribution in [-0.4, -0.2) is 35.8 Å². The van der Waals surface area contributed by atoms with Gasteiger partial charge in [-0.15, -0.1) is 0 Å². The second-order valence-corrected chi connectivity index (χ2v) is 13.8. The van der Waals surface area contributed by atoms with Crippen LogP contribution in [0.2, 0.25) is 5.02 Å². The van der Waals surface area contributed by atoms with Crippen molar-refractivity contribution in [1.29, 1.82) is 0 Å². The van der Waals surface area contributed by atoms with Gasteiger partial charge in [-0.2, -0.15) is 0 Å². The number of ether oxygens (including phenoxy) is 1. The van der Waals surface area contributed by atoms with Crippen molar-refractivity contribution in [2.45, 2.75) is 25.7 Å². The molecule has 8 nitrogen and oxygen atoms in total. The van der Waals surface area contributed by atoms with E-state index in [0.29, 0.717) is 17.7 Å². The van der Waals surface area contributed by atoms with E-state index in [2.05, 4.69) is 22.6 Å². The van der Waals surface area contributed by atoms with Crippen molar-refractivity contribution >= 4 is 69.2 Å². The van der Waals surface area contributed by atoms with Crippen LogP contribution in [0.1, 0.15) is 31.2 Å². The standard InChI is InChI=1S/C34H27ClFIN2O6/c1-34-23(31(42)39(33(34)44)19-8-11-25(36)24(35)14-19)15-22-20(29(34)16-3-12-27(45-2)26(40)13-16)9-10-21-28(22)32(43)38(30(21)41)18-6-4-17(37)5-7-18/h3-9,11-14,21-23,28-29,40H,10,15H2,1-2H3. The molecule has 7 rings (SSSR count). The lowest BCUT2D eigenvalue weighted by Gasteiger charge is -2.49. The van der Waals surface area contributed by atoms with E-state index in [-0.39, 0.29) is 40.4 Å². The van der Waals surface area contributed by atoms with Crippen LogP contribution in [-0.2, 0) is 19.2 Å². The number of rotatable bonds is 4. The number of fused-ring (bicyclic) bond motifs is 4. The Bertz CT molecular complexity index is 1850. The predicted molar refractivity (Wildman–Crippen MR) is 172 cm³/mol. The highest BCUT2D eigenvalue weighted by molar-refractivity contribution is 14.1. The Balaban J connectivity index is 1.37. The van der Waals surface area contributed by atoms with Crippen molar-refractivity contribution in [3.63, 3.8) is 0 Å². The lowest BCUT2D eigenvalue weighted by Crippen LogP contribution is -2.48. The lowest BCUT2D eigenvalue weighted by atomic mass is 9.51. The number of carbonyl (C=O) groups excluding carboxylic acids is 4. The zero-order valence-electron chi connectivity index (χ0n) is 24.2. The minimum atomic E-state index is -1.32. The third kappa shape index (κ3) is 4.28. The van der Waals surface area contributed by atoms with Crippen molar-refractivity contribution in [3.05, 3.63) is 92.3 Å². The molecule has 6 unspecified atom stereocenters. The van der Waals surface area contributed by atoms with Crippen LogP contribution < -0.4 is 14.5 Å². The maximum absolute atomic E-state index is 14.5. The summed E-state index contributed by atoms with van der Waals surface area (Å²) in [6.07, 6.45) is 2.40. The summed E-state index contributed by atoms with van der Waals surface area (Å²) in [5, 5.41) is 10.6. The molecule has 2 saturated heterocycles. The number of phenolic OH excluding ortho intramolecular Hbond substituents is 1. The van der Waals surface area contributed by atoms with Gasteiger partial charge in [0.15, 0.2) is 11.5 Å². The van der Waals surface area contributed by atoms with Crippen molar-refractivity contribution in [2.24, 2.45) is 29.1 Å². The molecule has 3 aromatic rings. The first kappa shape index (κ1) is 29.9. The van der Waals surface area contributed by atoms with Crippen LogP contribution >= 0.6 is 34.2 Å². The third-order valence-electron chi connectivity index (χ3n) is 10.1. The third-order valence-corrected chi connectivity index (χ3v) is 11.1. The average molecular weight is 741 g/mol. The summed E-state index contributed by atoms with van der Waals surface area (Å²) in [6.45, 7) is 1.73. The Morgan fingerprint density at radius 1 is 0.933 bits per heavy atom. The van der Waals surface area contributed by atoms with Crippen molar-refractivity contribution in [1.82, 2.24) is 0 Å². The van der Waals surface area contributed by atoms with Gasteiger partial charge in [-0.1, -0.05) is 29.3 Å². The van der Waals surface area contributed by atoms with Gasteiger partial charge in [-0.25, -0.2) is 9.29 Å². The van der Waals surface area contributed by atoms with Gasteiger partial charge < -0.3 is 9.84 Å². The fraction of sp³-hybridized carbons (Fsp3) is 0.294. The molecular weight excluding hydrogens is 714 g/mol. The molecule has 0 spiro atoms. The number of anilines is 2. The summed E-state index contributed by atoms with van der Waals surface area (Å²) in [5.41, 5.74) is 0.669. The molecule has 3 fully saturated rings. The highest BCUT2D eigenvalue weighted by atomic mass is 127. The van der Waals surface area contributed by atoms with Gasteiger partial charge in [0.1, 0.15) is 5.82 Å². The molecule has 2 aliphatic carbocycles. The summed E-state index contributed by atoms with van der Waals surface area (Å²) in [5.74, 6) is -5.62. The Hall–Kier alpha value is -3.77. The number of methoxy groups -OCH3 is 1. The topological polar surface area (TPSA) is 104 Å². The molecule has 4 aliphatic rings. The molecular formula is C34H27ClFIN2O6. The number of hydrogen-bond donors (Lipinski definition) is 1. The molecule has 11 heteroatoms. The van der Waals surface area contributed by atoms with E-state index in [9.17, 15) is 28.7 Å². The summed E-state index contributed by atoms with van der Waals surface area (Å²) in [7, 11) is 1.43. The predicted octanol–water partition coefficient (Wildman–Crippen LogP) is 6.23. The minimum Gasteiger partial charge on any atom is -0.504 e. The molecule has 2 heterocycles. The highest BCUT2D eigenvalue weighted by Crippen LogP contribution is 2.64. The van der Waals surface area contributed by atoms with Crippen molar-refractivity contribution < 1.29 is 33.4 Å². The molecule has 3 aromatic carbocycles. The SMILES string of the molecule is COc1ccc(C2C3=CCC4C(=O)N(c5ccc(I)cc5)C(=O)C4C3CC3C(=O)N(c4ccc(F)c(Cl)c4)C(=O)C32C)cc1O. The summed E-state index contributed by atoms with van der Waals surface area (Å²) >= 11 is 8.22. The Morgan fingerprint density at radius 2 is 1.64 bits per heavy atom. The van der Waals surface area contributed by atoms with E-state index >= 15 is 0 Å². The van der Waals surface area contributed by atoms with Gasteiger partial charge in [0.2, 0.25) is 23.6 Å². The molecule has 6 atom stereocenters. The quantitative estimate of drug-likeness (QED) is 0.193. The van der Waals surface area contributed by atoms with Gasteiger partial charge in [-0.05, 0) is 108 Å². The number of halogens is 3. The van der Waals surface area contributed by atoms with Gasteiger partial charge in [0.25, 0.3) is 0 Å². The molecule has 2 aliphatic heterocycles. The first-order chi connectivity index (χ1) is 21.5. The molecule has 0 radical (unpaired) electrons. The smallest absolute Gasteiger partial charge is 0.241 e. The Kier molecular flexibility index (Phi) is 7.08. The molecule has 0 aromatic heterocycles. The Labute approximate surface area is 276 Å². The lowest BCUT2D eigenvalue weighted by molar-refractivity contribution is -0.131. The van der Waals surface area contributed by atoms with Crippen molar-refractivity contribution in [3.8, 4) is 11.5 Å². The first-order valence-electron chi connectivity index (χ1n) is 14.5. The summed E-state index contributed by atoms with van der Waals surface area (Å²) in [6, 6.07) is 15.7. The number of phenols is 1. The van der Waals surface area contributed by atoms with Gasteiger partial charge in [-0.3, -0.25) is 24.1 Å². The maximum atomic E-state index is 14.5. The van der Waals surface area contributed by atoms with E-state index in [4.69, 9.17) is 16.3 Å². The van der Waals surface area contributed by atoms with Gasteiger partial charge >= 0.3 is 0 Å². The number of hydrogen-bond acceptors (Lipinski definition) is 6. The number of aromatic hydroxyl groups is 1. The number of amides is 4. The fourth-order valence-corrected chi connectivity index (χ4v) is 8.53. The molecule has 4 amide bonds. The van der Waals surface area contributed by atoms with Crippen LogP contribution in [0.25, 0.3) is 0 Å². The minimum absolute atomic E-state index is 0.137. The molecule has 230 valence electrons. The number of nitrogens with zero attached hydrogens (tertiary/aromatic N) is 2. The average Bonchev–Trinajstić information content (AvgIpc) is 3.38. The molecule has 45 heavy (non-hydrogen) atoms. The zero-order valence-corrected chi connectivity index (χ0v) is 27.1. The monoisotopic (exact) mass is 740 g/mol. The zero-order chi connectivity index (χ0) is 31.9. The van der Waals surface area contributed by atoms with Gasteiger partial charge in [0.05, 0.1) is 46.7 Å². The van der Waals surface area contributed by atoms with Crippen LogP contribution in [0.3, 0.4) is 0 Å². The summed E-state index contributed by atoms with van der Waals surface area (Å²) in [4.78, 5) is 58.9. The van der Waals surface area contributed by atoms with E-state index in [0.717, 1.165) is 20.1 Å². The van der Waals surface area contributed by atoms with Crippen LogP contribution in [0.4, 0.5) is 15.8 Å². The number of allylic oxidation sites excluding steroid dienone is 2. The number of carbonyl (C=O) groups is 4. The largest absolute Gasteiger partial charge is 0.504 e. The van der Waals surface area contributed by atoms with E-state index in [1.54, 1.807) is 31.2 Å². The fourth-order valence-electron chi connectivity index (χ4n) is 8.00. The van der Waals surface area contributed by atoms with Crippen LogP contribution in [0.5, 0.6) is 11.5 Å². The maximum Gasteiger partial charge on any atom is 0.241 e. The van der Waals surface area contributed by atoms with E-state index in [1.165, 1.54) is 30.2 Å². The van der Waals surface area contributed by atoms with Crippen molar-refractivity contribution in [2.75, 3.05) is 16.9 Å². The molecule has 1 N–H and O–H groups in total. The van der Waals surface area contributed by atoms with E-state index < -0.39 is 52.6 Å². The number of benzene rings is 3. The van der Waals surface area contributed by atoms with E-state index in [1.807, 2.05) is 18.2 Å². The number of imide groups is 2. The van der Waals surface area contributed by atoms with Crippen LogP contribution in [0.15, 0.2) is 72.3 Å². The molecule has 0 bridgehead atoms. The normalized spacial score (nSPS) is 29.0. The molecule has 1 saturated carbocycles.